The van der Waals surface area contributed by atoms with E-state index in [0.29, 0.717) is 13.2 Å². The molecule has 1 atom stereocenters. The summed E-state index contributed by atoms with van der Waals surface area (Å²) >= 11 is 0. The number of aromatic carboxylic acids is 1. The zero-order valence-electron chi connectivity index (χ0n) is 11.7. The highest BCUT2D eigenvalue weighted by Crippen LogP contribution is 2.04. The monoisotopic (exact) mass is 280 g/mol. The molecule has 0 fully saturated rings. The first-order valence-corrected chi connectivity index (χ1v) is 6.42. The summed E-state index contributed by atoms with van der Waals surface area (Å²) in [5.41, 5.74) is 1.06. The molecule has 0 aromatic heterocycles. The zero-order valence-corrected chi connectivity index (χ0v) is 11.7. The van der Waals surface area contributed by atoms with Crippen molar-refractivity contribution in [1.29, 1.82) is 0 Å². The van der Waals surface area contributed by atoms with E-state index in [4.69, 9.17) is 9.84 Å². The van der Waals surface area contributed by atoms with Crippen LogP contribution in [0.1, 0.15) is 29.3 Å². The smallest absolute Gasteiger partial charge is 0.335 e. The van der Waals surface area contributed by atoms with Crippen LogP contribution in [0.5, 0.6) is 0 Å². The SMILES string of the molecule is CCC(COC)NC(=O)NCc1ccc(C(=O)O)cc1. The van der Waals surface area contributed by atoms with Crippen molar-refractivity contribution in [2.75, 3.05) is 13.7 Å². The Morgan fingerprint density at radius 1 is 1.30 bits per heavy atom. The van der Waals surface area contributed by atoms with Crippen LogP contribution in [0.2, 0.25) is 0 Å². The predicted molar refractivity (Wildman–Crippen MR) is 74.7 cm³/mol. The number of urea groups is 1. The Morgan fingerprint density at radius 3 is 2.45 bits per heavy atom. The van der Waals surface area contributed by atoms with Crippen LogP contribution >= 0.6 is 0 Å². The van der Waals surface area contributed by atoms with E-state index in [9.17, 15) is 9.59 Å². The third-order valence-electron chi connectivity index (χ3n) is 2.85. The minimum atomic E-state index is -0.965. The molecule has 0 aliphatic rings. The molecule has 1 unspecified atom stereocenters. The quantitative estimate of drug-likeness (QED) is 0.708. The van der Waals surface area contributed by atoms with Gasteiger partial charge in [-0.15, -0.1) is 0 Å². The van der Waals surface area contributed by atoms with Crippen LogP contribution in [-0.4, -0.2) is 36.9 Å². The number of carbonyl (C=O) groups is 2. The third-order valence-corrected chi connectivity index (χ3v) is 2.85. The molecule has 0 spiro atoms. The molecule has 6 nitrogen and oxygen atoms in total. The van der Waals surface area contributed by atoms with Crippen LogP contribution in [0, 0.1) is 0 Å². The Morgan fingerprint density at radius 2 is 1.95 bits per heavy atom. The molecule has 110 valence electrons. The maximum Gasteiger partial charge on any atom is 0.335 e. The van der Waals surface area contributed by atoms with Crippen molar-refractivity contribution in [2.45, 2.75) is 25.9 Å². The number of benzene rings is 1. The van der Waals surface area contributed by atoms with Crippen molar-refractivity contribution in [3.05, 3.63) is 35.4 Å². The Kier molecular flexibility index (Phi) is 6.52. The number of amides is 2. The molecule has 2 amide bonds. The number of nitrogens with one attached hydrogen (secondary N) is 2. The summed E-state index contributed by atoms with van der Waals surface area (Å²) in [4.78, 5) is 22.4. The van der Waals surface area contributed by atoms with Gasteiger partial charge in [-0.2, -0.15) is 0 Å². The fourth-order valence-electron chi connectivity index (χ4n) is 1.65. The van der Waals surface area contributed by atoms with Gasteiger partial charge in [0.15, 0.2) is 0 Å². The molecule has 0 radical (unpaired) electrons. The molecular weight excluding hydrogens is 260 g/mol. The van der Waals surface area contributed by atoms with Gasteiger partial charge in [-0.05, 0) is 24.1 Å². The van der Waals surface area contributed by atoms with Crippen LogP contribution in [0.15, 0.2) is 24.3 Å². The number of hydrogen-bond acceptors (Lipinski definition) is 3. The molecule has 1 aromatic carbocycles. The summed E-state index contributed by atoms with van der Waals surface area (Å²) in [6.07, 6.45) is 0.786. The van der Waals surface area contributed by atoms with Gasteiger partial charge in [-0.25, -0.2) is 9.59 Å². The Balaban J connectivity index is 2.42. The van der Waals surface area contributed by atoms with E-state index < -0.39 is 5.97 Å². The van der Waals surface area contributed by atoms with Crippen LogP contribution in [-0.2, 0) is 11.3 Å². The van der Waals surface area contributed by atoms with E-state index in [-0.39, 0.29) is 17.6 Å². The topological polar surface area (TPSA) is 87.7 Å². The molecule has 0 aliphatic heterocycles. The van der Waals surface area contributed by atoms with Crippen molar-refractivity contribution in [2.24, 2.45) is 0 Å². The van der Waals surface area contributed by atoms with Gasteiger partial charge in [0, 0.05) is 13.7 Å². The molecular formula is C14H20N2O4. The van der Waals surface area contributed by atoms with E-state index in [1.54, 1.807) is 19.2 Å². The highest BCUT2D eigenvalue weighted by Gasteiger charge is 2.09. The predicted octanol–water partition coefficient (Wildman–Crippen LogP) is 1.61. The summed E-state index contributed by atoms with van der Waals surface area (Å²) < 4.78 is 5.00. The van der Waals surface area contributed by atoms with Crippen LogP contribution in [0.3, 0.4) is 0 Å². The first-order chi connectivity index (χ1) is 9.56. The molecule has 0 heterocycles. The van der Waals surface area contributed by atoms with Gasteiger partial charge < -0.3 is 20.5 Å². The van der Waals surface area contributed by atoms with Crippen molar-refractivity contribution >= 4 is 12.0 Å². The number of hydrogen-bond donors (Lipinski definition) is 3. The number of ether oxygens (including phenoxy) is 1. The average molecular weight is 280 g/mol. The van der Waals surface area contributed by atoms with Crippen LogP contribution < -0.4 is 10.6 Å². The zero-order chi connectivity index (χ0) is 15.0. The van der Waals surface area contributed by atoms with E-state index in [1.165, 1.54) is 12.1 Å². The maximum atomic E-state index is 11.7. The number of carboxylic acids is 1. The van der Waals surface area contributed by atoms with E-state index in [0.717, 1.165) is 12.0 Å². The lowest BCUT2D eigenvalue weighted by Gasteiger charge is -2.16. The summed E-state index contributed by atoms with van der Waals surface area (Å²) in [5, 5.41) is 14.3. The highest BCUT2D eigenvalue weighted by atomic mass is 16.5. The summed E-state index contributed by atoms with van der Waals surface area (Å²) in [6.45, 7) is 2.78. The normalized spacial score (nSPS) is 11.7. The van der Waals surface area contributed by atoms with Crippen LogP contribution in [0.25, 0.3) is 0 Å². The second kappa shape index (κ2) is 8.16. The minimum absolute atomic E-state index is 0.0191. The second-order valence-corrected chi connectivity index (χ2v) is 4.39. The fraction of sp³-hybridized carbons (Fsp3) is 0.429. The first-order valence-electron chi connectivity index (χ1n) is 6.42. The molecule has 20 heavy (non-hydrogen) atoms. The summed E-state index contributed by atoms with van der Waals surface area (Å²) in [6, 6.07) is 6.09. The standard InChI is InChI=1S/C14H20N2O4/c1-3-12(9-20-2)16-14(19)15-8-10-4-6-11(7-5-10)13(17)18/h4-7,12H,3,8-9H2,1-2H3,(H,17,18)(H2,15,16,19). The number of carboxylic acid groups (broad SMARTS) is 1. The van der Waals surface area contributed by atoms with Gasteiger partial charge in [0.05, 0.1) is 18.2 Å². The van der Waals surface area contributed by atoms with E-state index >= 15 is 0 Å². The molecule has 0 saturated carbocycles. The molecule has 1 aromatic rings. The van der Waals surface area contributed by atoms with Crippen molar-refractivity contribution in [3.63, 3.8) is 0 Å². The second-order valence-electron chi connectivity index (χ2n) is 4.39. The number of rotatable bonds is 7. The van der Waals surface area contributed by atoms with Crippen LogP contribution in [0.4, 0.5) is 4.79 Å². The fourth-order valence-corrected chi connectivity index (χ4v) is 1.65. The Bertz CT molecular complexity index is 445. The maximum absolute atomic E-state index is 11.7. The molecule has 0 saturated heterocycles. The van der Waals surface area contributed by atoms with E-state index in [1.807, 2.05) is 6.92 Å². The number of carbonyl (C=O) groups excluding carboxylic acids is 1. The Labute approximate surface area is 118 Å². The largest absolute Gasteiger partial charge is 0.478 e. The van der Waals surface area contributed by atoms with Crippen molar-refractivity contribution < 1.29 is 19.4 Å². The average Bonchev–Trinajstić information content (AvgIpc) is 2.45. The lowest BCUT2D eigenvalue weighted by Crippen LogP contribution is -2.43. The highest BCUT2D eigenvalue weighted by molar-refractivity contribution is 5.87. The van der Waals surface area contributed by atoms with Gasteiger partial charge >= 0.3 is 12.0 Å². The summed E-state index contributed by atoms with van der Waals surface area (Å²) in [5.74, 6) is -0.965. The first kappa shape index (κ1) is 16.0. The van der Waals surface area contributed by atoms with Crippen molar-refractivity contribution in [1.82, 2.24) is 10.6 Å². The Hall–Kier alpha value is -2.08. The lowest BCUT2D eigenvalue weighted by atomic mass is 10.1. The van der Waals surface area contributed by atoms with Crippen molar-refractivity contribution in [3.8, 4) is 0 Å². The third kappa shape index (κ3) is 5.27. The molecule has 6 heteroatoms. The molecule has 0 bridgehead atoms. The van der Waals surface area contributed by atoms with Gasteiger partial charge in [0.2, 0.25) is 0 Å². The molecule has 1 rings (SSSR count). The minimum Gasteiger partial charge on any atom is -0.478 e. The molecule has 0 aliphatic carbocycles. The van der Waals surface area contributed by atoms with Gasteiger partial charge in [0.25, 0.3) is 0 Å². The van der Waals surface area contributed by atoms with Gasteiger partial charge in [-0.1, -0.05) is 19.1 Å². The number of methoxy groups -OCH3 is 1. The van der Waals surface area contributed by atoms with Gasteiger partial charge in [0.1, 0.15) is 0 Å². The van der Waals surface area contributed by atoms with Gasteiger partial charge in [-0.3, -0.25) is 0 Å². The lowest BCUT2D eigenvalue weighted by molar-refractivity contribution is 0.0697. The van der Waals surface area contributed by atoms with E-state index in [2.05, 4.69) is 10.6 Å². The summed E-state index contributed by atoms with van der Waals surface area (Å²) in [7, 11) is 1.59. The molecule has 3 N–H and O–H groups in total.